The molecule has 0 aliphatic rings. The minimum Gasteiger partial charge on any atom is -0.423 e. The second-order valence-corrected chi connectivity index (χ2v) is 3.79. The number of nitrogens with zero attached hydrogens (tertiary/aromatic N) is 3. The molecule has 1 aromatic carbocycles. The highest BCUT2D eigenvalue weighted by Crippen LogP contribution is 2.24. The Kier molecular flexibility index (Phi) is 3.47. The molecule has 0 bridgehead atoms. The zero-order valence-electron chi connectivity index (χ0n) is 10.1. The SMILES string of the molecule is Cc1nnc(Oc2cccc(F)c2CN)nc1C. The summed E-state index contributed by atoms with van der Waals surface area (Å²) in [6.07, 6.45) is 0. The van der Waals surface area contributed by atoms with Crippen LogP contribution in [0.15, 0.2) is 18.2 Å². The number of nitrogens with two attached hydrogens (primary N) is 1. The third kappa shape index (κ3) is 2.43. The minimum absolute atomic E-state index is 0.0419. The summed E-state index contributed by atoms with van der Waals surface area (Å²) in [5.41, 5.74) is 7.21. The van der Waals surface area contributed by atoms with E-state index < -0.39 is 5.82 Å². The molecule has 0 aliphatic heterocycles. The average molecular weight is 248 g/mol. The van der Waals surface area contributed by atoms with Gasteiger partial charge in [0.25, 0.3) is 0 Å². The molecule has 2 aromatic rings. The van der Waals surface area contributed by atoms with Crippen LogP contribution in [0.1, 0.15) is 17.0 Å². The highest BCUT2D eigenvalue weighted by molar-refractivity contribution is 5.36. The van der Waals surface area contributed by atoms with Gasteiger partial charge in [0.05, 0.1) is 11.4 Å². The van der Waals surface area contributed by atoms with E-state index in [9.17, 15) is 4.39 Å². The van der Waals surface area contributed by atoms with Crippen LogP contribution in [0.3, 0.4) is 0 Å². The maximum Gasteiger partial charge on any atom is 0.341 e. The van der Waals surface area contributed by atoms with Crippen molar-refractivity contribution >= 4 is 0 Å². The van der Waals surface area contributed by atoms with Crippen molar-refractivity contribution in [3.63, 3.8) is 0 Å². The summed E-state index contributed by atoms with van der Waals surface area (Å²) >= 11 is 0. The number of hydrogen-bond acceptors (Lipinski definition) is 5. The van der Waals surface area contributed by atoms with E-state index in [-0.39, 0.29) is 12.6 Å². The van der Waals surface area contributed by atoms with Gasteiger partial charge in [-0.3, -0.25) is 0 Å². The number of ether oxygens (including phenoxy) is 1. The van der Waals surface area contributed by atoms with Crippen LogP contribution in [-0.4, -0.2) is 15.2 Å². The average Bonchev–Trinajstić information content (AvgIpc) is 2.34. The Morgan fingerprint density at radius 1 is 1.22 bits per heavy atom. The van der Waals surface area contributed by atoms with Crippen molar-refractivity contribution in [1.82, 2.24) is 15.2 Å². The summed E-state index contributed by atoms with van der Waals surface area (Å²) in [6, 6.07) is 4.56. The number of aryl methyl sites for hydroxylation is 2. The summed E-state index contributed by atoms with van der Waals surface area (Å²) in [5, 5.41) is 7.68. The third-order valence-electron chi connectivity index (χ3n) is 2.55. The lowest BCUT2D eigenvalue weighted by atomic mass is 10.2. The van der Waals surface area contributed by atoms with E-state index in [1.807, 2.05) is 0 Å². The monoisotopic (exact) mass is 248 g/mol. The van der Waals surface area contributed by atoms with Gasteiger partial charge < -0.3 is 10.5 Å². The first-order chi connectivity index (χ1) is 8.61. The smallest absolute Gasteiger partial charge is 0.341 e. The zero-order valence-corrected chi connectivity index (χ0v) is 10.1. The molecule has 0 saturated heterocycles. The Hall–Kier alpha value is -2.08. The predicted octanol–water partition coefficient (Wildman–Crippen LogP) is 1.88. The summed E-state index contributed by atoms with van der Waals surface area (Å²) in [7, 11) is 0. The van der Waals surface area contributed by atoms with Crippen molar-refractivity contribution in [2.75, 3.05) is 0 Å². The van der Waals surface area contributed by atoms with E-state index in [4.69, 9.17) is 10.5 Å². The molecule has 0 atom stereocenters. The van der Waals surface area contributed by atoms with Gasteiger partial charge in [-0.2, -0.15) is 4.98 Å². The van der Waals surface area contributed by atoms with Gasteiger partial charge in [0, 0.05) is 12.1 Å². The van der Waals surface area contributed by atoms with Crippen molar-refractivity contribution in [2.45, 2.75) is 20.4 Å². The molecule has 2 rings (SSSR count). The first-order valence-corrected chi connectivity index (χ1v) is 5.45. The largest absolute Gasteiger partial charge is 0.423 e. The van der Waals surface area contributed by atoms with E-state index in [2.05, 4.69) is 15.2 Å². The second kappa shape index (κ2) is 5.05. The highest BCUT2D eigenvalue weighted by Gasteiger charge is 2.11. The van der Waals surface area contributed by atoms with Crippen LogP contribution in [0, 0.1) is 19.7 Å². The van der Waals surface area contributed by atoms with Crippen molar-refractivity contribution < 1.29 is 9.13 Å². The molecular weight excluding hydrogens is 235 g/mol. The van der Waals surface area contributed by atoms with E-state index in [1.165, 1.54) is 12.1 Å². The van der Waals surface area contributed by atoms with Crippen LogP contribution >= 0.6 is 0 Å². The van der Waals surface area contributed by atoms with Gasteiger partial charge in [-0.25, -0.2) is 4.39 Å². The maximum absolute atomic E-state index is 13.5. The van der Waals surface area contributed by atoms with Crippen LogP contribution in [0.4, 0.5) is 4.39 Å². The summed E-state index contributed by atoms with van der Waals surface area (Å²) < 4.78 is 18.9. The van der Waals surface area contributed by atoms with Crippen molar-refractivity contribution in [3.8, 4) is 11.8 Å². The van der Waals surface area contributed by atoms with Crippen LogP contribution < -0.4 is 10.5 Å². The van der Waals surface area contributed by atoms with Gasteiger partial charge in [-0.05, 0) is 26.0 Å². The molecule has 0 fully saturated rings. The molecule has 2 N–H and O–H groups in total. The molecule has 0 aliphatic carbocycles. The highest BCUT2D eigenvalue weighted by atomic mass is 19.1. The molecule has 18 heavy (non-hydrogen) atoms. The fourth-order valence-electron chi connectivity index (χ4n) is 1.41. The molecule has 1 aromatic heterocycles. The third-order valence-corrected chi connectivity index (χ3v) is 2.55. The first-order valence-electron chi connectivity index (χ1n) is 5.45. The topological polar surface area (TPSA) is 73.9 Å². The maximum atomic E-state index is 13.5. The van der Waals surface area contributed by atoms with Crippen LogP contribution in [0.25, 0.3) is 0 Å². The lowest BCUT2D eigenvalue weighted by Gasteiger charge is -2.09. The van der Waals surface area contributed by atoms with Gasteiger partial charge >= 0.3 is 6.01 Å². The van der Waals surface area contributed by atoms with Crippen molar-refractivity contribution in [2.24, 2.45) is 5.73 Å². The van der Waals surface area contributed by atoms with E-state index in [1.54, 1.807) is 19.9 Å². The molecule has 6 heteroatoms. The molecule has 1 heterocycles. The van der Waals surface area contributed by atoms with E-state index in [0.29, 0.717) is 17.0 Å². The predicted molar refractivity (Wildman–Crippen MR) is 63.7 cm³/mol. The van der Waals surface area contributed by atoms with Crippen molar-refractivity contribution in [1.29, 1.82) is 0 Å². The van der Waals surface area contributed by atoms with Gasteiger partial charge in [-0.1, -0.05) is 11.2 Å². The summed E-state index contributed by atoms with van der Waals surface area (Å²) in [6.45, 7) is 3.64. The van der Waals surface area contributed by atoms with Gasteiger partial charge in [0.2, 0.25) is 0 Å². The van der Waals surface area contributed by atoms with Crippen LogP contribution in [-0.2, 0) is 6.54 Å². The fourth-order valence-corrected chi connectivity index (χ4v) is 1.41. The zero-order chi connectivity index (χ0) is 13.1. The van der Waals surface area contributed by atoms with Gasteiger partial charge in [-0.15, -0.1) is 5.10 Å². The Balaban J connectivity index is 2.34. The molecule has 0 saturated carbocycles. The Bertz CT molecular complexity index is 574. The lowest BCUT2D eigenvalue weighted by molar-refractivity contribution is 0.420. The lowest BCUT2D eigenvalue weighted by Crippen LogP contribution is -2.05. The molecule has 0 spiro atoms. The number of halogens is 1. The fraction of sp³-hybridized carbons (Fsp3) is 0.250. The van der Waals surface area contributed by atoms with Crippen LogP contribution in [0.2, 0.25) is 0 Å². The number of hydrogen-bond donors (Lipinski definition) is 1. The Morgan fingerprint density at radius 2 is 2.00 bits per heavy atom. The normalized spacial score (nSPS) is 10.4. The molecule has 5 nitrogen and oxygen atoms in total. The number of aromatic nitrogens is 3. The van der Waals surface area contributed by atoms with Gasteiger partial charge in [0.1, 0.15) is 11.6 Å². The molecule has 0 amide bonds. The van der Waals surface area contributed by atoms with Gasteiger partial charge in [0.15, 0.2) is 0 Å². The molecule has 0 radical (unpaired) electrons. The second-order valence-electron chi connectivity index (χ2n) is 3.79. The summed E-state index contributed by atoms with van der Waals surface area (Å²) in [5.74, 6) is -0.102. The summed E-state index contributed by atoms with van der Waals surface area (Å²) in [4.78, 5) is 4.11. The Morgan fingerprint density at radius 3 is 2.67 bits per heavy atom. The molecule has 0 unspecified atom stereocenters. The number of rotatable bonds is 3. The number of benzene rings is 1. The van der Waals surface area contributed by atoms with E-state index in [0.717, 1.165) is 5.69 Å². The Labute approximate surface area is 104 Å². The molecular formula is C12H13FN4O. The van der Waals surface area contributed by atoms with Crippen molar-refractivity contribution in [3.05, 3.63) is 41.0 Å². The minimum atomic E-state index is -0.410. The standard InChI is InChI=1S/C12H13FN4O/c1-7-8(2)16-17-12(15-7)18-11-5-3-4-10(13)9(11)6-14/h3-5H,6,14H2,1-2H3. The first kappa shape index (κ1) is 12.4. The quantitative estimate of drug-likeness (QED) is 0.897. The van der Waals surface area contributed by atoms with Crippen LogP contribution in [0.5, 0.6) is 11.8 Å². The molecule has 94 valence electrons. The van der Waals surface area contributed by atoms with E-state index >= 15 is 0 Å².